The van der Waals surface area contributed by atoms with E-state index in [2.05, 4.69) is 15.6 Å². The van der Waals surface area contributed by atoms with Crippen molar-refractivity contribution in [2.45, 2.75) is 16.6 Å². The minimum absolute atomic E-state index is 0.00528. The number of hydrogen-bond donors (Lipinski definition) is 2. The Hall–Kier alpha value is -6.20. The topological polar surface area (TPSA) is 135 Å². The van der Waals surface area contributed by atoms with E-state index in [4.69, 9.17) is 8.83 Å². The molecule has 1 unspecified atom stereocenters. The highest BCUT2D eigenvalue weighted by Crippen LogP contribution is 2.35. The van der Waals surface area contributed by atoms with Gasteiger partial charge in [-0.2, -0.15) is 0 Å². The van der Waals surface area contributed by atoms with Crippen molar-refractivity contribution in [1.29, 1.82) is 0 Å². The number of nitrogens with one attached hydrogen (secondary N) is 2. The second-order valence-electron chi connectivity index (χ2n) is 10.8. The number of imide groups is 1. The number of para-hydroxylation sites is 2. The molecular formula is C37H26N4O6S. The lowest BCUT2D eigenvalue weighted by atomic mass is 10.2. The molecule has 6 aromatic rings. The van der Waals surface area contributed by atoms with Gasteiger partial charge in [-0.1, -0.05) is 30.3 Å². The first-order valence-corrected chi connectivity index (χ1v) is 15.8. The largest absolute Gasteiger partial charge is 0.465 e. The summed E-state index contributed by atoms with van der Waals surface area (Å²) in [7, 11) is 0. The third-order valence-electron chi connectivity index (χ3n) is 7.52. The van der Waals surface area contributed by atoms with Crippen LogP contribution in [-0.4, -0.2) is 33.9 Å². The Balaban J connectivity index is 0.997. The van der Waals surface area contributed by atoms with Crippen molar-refractivity contribution in [2.24, 2.45) is 0 Å². The van der Waals surface area contributed by atoms with Crippen molar-refractivity contribution in [3.8, 4) is 11.5 Å². The van der Waals surface area contributed by atoms with Crippen molar-refractivity contribution in [3.05, 3.63) is 139 Å². The standard InChI is InChI=1S/C37H26N4O6S/c42-33-22-32(37(45)41(33)26-16-12-24(13-17-26)36-40-29-10-4-5-11-31(29)47-36)48-28-18-14-25(15-19-28)38-35(44)30(21-27-9-6-20-46-27)39-34(43)23-7-2-1-3-8-23/h1-21,32H,22H2,(H,38,44)(H,39,43)/b30-21-. The van der Waals surface area contributed by atoms with E-state index < -0.39 is 17.1 Å². The number of anilines is 2. The molecule has 4 amide bonds. The summed E-state index contributed by atoms with van der Waals surface area (Å²) >= 11 is 1.28. The lowest BCUT2D eigenvalue weighted by Gasteiger charge is -2.15. The summed E-state index contributed by atoms with van der Waals surface area (Å²) in [5, 5.41) is 4.84. The number of carbonyl (C=O) groups excluding carboxylic acids is 4. The van der Waals surface area contributed by atoms with E-state index in [1.807, 2.05) is 24.3 Å². The fraction of sp³-hybridized carbons (Fsp3) is 0.0541. The zero-order valence-electron chi connectivity index (χ0n) is 25.2. The van der Waals surface area contributed by atoms with Gasteiger partial charge in [-0.15, -0.1) is 11.8 Å². The Morgan fingerprint density at radius 3 is 2.33 bits per heavy atom. The summed E-state index contributed by atoms with van der Waals surface area (Å²) in [5.74, 6) is -0.742. The predicted octanol–water partition coefficient (Wildman–Crippen LogP) is 6.92. The third-order valence-corrected chi connectivity index (χ3v) is 8.72. The van der Waals surface area contributed by atoms with Crippen LogP contribution in [0, 0.1) is 0 Å². The third kappa shape index (κ3) is 6.53. The Kier molecular flexibility index (Phi) is 8.42. The number of amides is 4. The molecule has 0 saturated carbocycles. The highest BCUT2D eigenvalue weighted by molar-refractivity contribution is 8.00. The lowest BCUT2D eigenvalue weighted by Crippen LogP contribution is -2.31. The van der Waals surface area contributed by atoms with Crippen LogP contribution in [0.2, 0.25) is 0 Å². The van der Waals surface area contributed by atoms with Crippen molar-refractivity contribution in [3.63, 3.8) is 0 Å². The first-order chi connectivity index (χ1) is 23.4. The zero-order valence-corrected chi connectivity index (χ0v) is 26.0. The van der Waals surface area contributed by atoms with Gasteiger partial charge < -0.3 is 19.5 Å². The average molecular weight is 655 g/mol. The summed E-state index contributed by atoms with van der Waals surface area (Å²) in [6.07, 6.45) is 2.96. The minimum Gasteiger partial charge on any atom is -0.465 e. The molecule has 3 heterocycles. The monoisotopic (exact) mass is 654 g/mol. The highest BCUT2D eigenvalue weighted by Gasteiger charge is 2.40. The van der Waals surface area contributed by atoms with Crippen LogP contribution in [0.5, 0.6) is 0 Å². The van der Waals surface area contributed by atoms with E-state index in [0.717, 1.165) is 16.0 Å². The zero-order chi connectivity index (χ0) is 33.0. The fourth-order valence-corrected chi connectivity index (χ4v) is 6.21. The number of fused-ring (bicyclic) bond motifs is 1. The molecule has 1 atom stereocenters. The molecular weight excluding hydrogens is 628 g/mol. The van der Waals surface area contributed by atoms with Gasteiger partial charge in [-0.05, 0) is 84.9 Å². The Labute approximate surface area is 278 Å². The van der Waals surface area contributed by atoms with Crippen molar-refractivity contribution < 1.29 is 28.0 Å². The molecule has 2 aromatic heterocycles. The van der Waals surface area contributed by atoms with Gasteiger partial charge in [-0.25, -0.2) is 9.88 Å². The Morgan fingerprint density at radius 1 is 0.854 bits per heavy atom. The second-order valence-corrected chi connectivity index (χ2v) is 12.1. The Bertz CT molecular complexity index is 2120. The molecule has 0 aliphatic carbocycles. The summed E-state index contributed by atoms with van der Waals surface area (Å²) in [6, 6.07) is 33.2. The van der Waals surface area contributed by atoms with Crippen LogP contribution in [-0.2, 0) is 14.4 Å². The number of carbonyl (C=O) groups is 4. The average Bonchev–Trinajstić information content (AvgIpc) is 3.85. The van der Waals surface area contributed by atoms with Crippen LogP contribution >= 0.6 is 11.8 Å². The number of thioether (sulfide) groups is 1. The number of nitrogens with zero attached hydrogens (tertiary/aromatic N) is 2. The molecule has 0 spiro atoms. The van der Waals surface area contributed by atoms with Crippen LogP contribution in [0.25, 0.3) is 28.6 Å². The van der Waals surface area contributed by atoms with E-state index in [1.54, 1.807) is 91.0 Å². The predicted molar refractivity (Wildman–Crippen MR) is 182 cm³/mol. The van der Waals surface area contributed by atoms with Crippen LogP contribution in [0.4, 0.5) is 11.4 Å². The van der Waals surface area contributed by atoms with Crippen molar-refractivity contribution in [1.82, 2.24) is 10.3 Å². The van der Waals surface area contributed by atoms with E-state index in [0.29, 0.717) is 34.2 Å². The van der Waals surface area contributed by atoms with Gasteiger partial charge in [0.05, 0.1) is 17.2 Å². The van der Waals surface area contributed by atoms with Gasteiger partial charge in [-0.3, -0.25) is 19.2 Å². The molecule has 1 aliphatic rings. The summed E-state index contributed by atoms with van der Waals surface area (Å²) in [6.45, 7) is 0. The normalized spacial score (nSPS) is 14.8. The fourth-order valence-electron chi connectivity index (χ4n) is 5.15. The van der Waals surface area contributed by atoms with Crippen LogP contribution < -0.4 is 15.5 Å². The molecule has 11 heteroatoms. The first-order valence-electron chi connectivity index (χ1n) is 14.9. The van der Waals surface area contributed by atoms with E-state index in [9.17, 15) is 19.2 Å². The molecule has 48 heavy (non-hydrogen) atoms. The van der Waals surface area contributed by atoms with Crippen molar-refractivity contribution in [2.75, 3.05) is 10.2 Å². The SMILES string of the molecule is O=C(Nc1ccc(SC2CC(=O)N(c3ccc(-c4nc5ccccc5o4)cc3)C2=O)cc1)/C(=C/c1ccco1)NC(=O)c1ccccc1. The molecule has 2 N–H and O–H groups in total. The Morgan fingerprint density at radius 2 is 1.60 bits per heavy atom. The maximum Gasteiger partial charge on any atom is 0.272 e. The smallest absolute Gasteiger partial charge is 0.272 e. The number of oxazole rings is 1. The van der Waals surface area contributed by atoms with Gasteiger partial charge in [0.2, 0.25) is 17.7 Å². The molecule has 7 rings (SSSR count). The quantitative estimate of drug-likeness (QED) is 0.127. The highest BCUT2D eigenvalue weighted by atomic mass is 32.2. The van der Waals surface area contributed by atoms with Gasteiger partial charge in [0.25, 0.3) is 11.8 Å². The maximum atomic E-state index is 13.3. The number of aromatic nitrogens is 1. The van der Waals surface area contributed by atoms with Crippen LogP contribution in [0.3, 0.4) is 0 Å². The summed E-state index contributed by atoms with van der Waals surface area (Å²) < 4.78 is 11.2. The molecule has 4 aromatic carbocycles. The van der Waals surface area contributed by atoms with Gasteiger partial charge in [0.1, 0.15) is 17.0 Å². The molecule has 236 valence electrons. The molecule has 0 radical (unpaired) electrons. The molecule has 10 nitrogen and oxygen atoms in total. The van der Waals surface area contributed by atoms with Gasteiger partial charge >= 0.3 is 0 Å². The van der Waals surface area contributed by atoms with Crippen molar-refractivity contribution >= 4 is 63.9 Å². The van der Waals surface area contributed by atoms with E-state index in [1.165, 1.54) is 29.0 Å². The molecule has 0 bridgehead atoms. The van der Waals surface area contributed by atoms with Gasteiger partial charge in [0.15, 0.2) is 5.58 Å². The molecule has 1 fully saturated rings. The minimum atomic E-state index is -0.606. The molecule has 1 aliphatic heterocycles. The summed E-state index contributed by atoms with van der Waals surface area (Å²) in [5.41, 5.74) is 3.49. The van der Waals surface area contributed by atoms with Crippen LogP contribution in [0.1, 0.15) is 22.5 Å². The molecule has 1 saturated heterocycles. The maximum absolute atomic E-state index is 13.3. The van der Waals surface area contributed by atoms with E-state index in [-0.39, 0.29) is 23.9 Å². The van der Waals surface area contributed by atoms with Crippen LogP contribution in [0.15, 0.2) is 141 Å². The lowest BCUT2D eigenvalue weighted by molar-refractivity contribution is -0.121. The number of furan rings is 1. The van der Waals surface area contributed by atoms with E-state index >= 15 is 0 Å². The second kappa shape index (κ2) is 13.3. The van der Waals surface area contributed by atoms with Gasteiger partial charge in [0, 0.05) is 34.2 Å². The first kappa shape index (κ1) is 30.5. The number of rotatable bonds is 9. The number of hydrogen-bond acceptors (Lipinski definition) is 8. The summed E-state index contributed by atoms with van der Waals surface area (Å²) in [4.78, 5) is 58.8. The number of benzene rings is 4.